The van der Waals surface area contributed by atoms with Gasteiger partial charge in [-0.3, -0.25) is 0 Å². The lowest BCUT2D eigenvalue weighted by Crippen LogP contribution is -2.13. The number of nitrogens with zero attached hydrogens (tertiary/aromatic N) is 1. The molecule has 1 aromatic heterocycles. The quantitative estimate of drug-likeness (QED) is 0.515. The Hall–Kier alpha value is -1.34. The standard InChI is InChI=1S/C5H8N4O2S/c6-4-1-3(12(8,10)11)2-9-5(4)7/h1-2H,6H2,(H2,7,9)(H2,8,10,11). The van der Waals surface area contributed by atoms with Crippen LogP contribution < -0.4 is 16.6 Å². The van der Waals surface area contributed by atoms with Crippen molar-refractivity contribution in [1.29, 1.82) is 0 Å². The molecule has 1 aromatic rings. The summed E-state index contributed by atoms with van der Waals surface area (Å²) in [5.41, 5.74) is 10.7. The first-order chi connectivity index (χ1) is 5.41. The zero-order valence-corrected chi connectivity index (χ0v) is 6.88. The molecule has 7 heteroatoms. The van der Waals surface area contributed by atoms with Gasteiger partial charge in [0.15, 0.2) is 0 Å². The maximum absolute atomic E-state index is 10.7. The predicted molar refractivity (Wildman–Crippen MR) is 44.4 cm³/mol. The zero-order valence-electron chi connectivity index (χ0n) is 6.06. The average Bonchev–Trinajstić information content (AvgIpc) is 1.92. The third-order valence-corrected chi connectivity index (χ3v) is 2.13. The number of anilines is 2. The van der Waals surface area contributed by atoms with Gasteiger partial charge in [-0.25, -0.2) is 18.5 Å². The summed E-state index contributed by atoms with van der Waals surface area (Å²) in [5.74, 6) is 0.0856. The number of nitrogens with two attached hydrogens (primary N) is 3. The first kappa shape index (κ1) is 8.75. The van der Waals surface area contributed by atoms with E-state index < -0.39 is 10.0 Å². The molecule has 0 radical (unpaired) electrons. The molecule has 0 amide bonds. The van der Waals surface area contributed by atoms with Crippen LogP contribution in [0.25, 0.3) is 0 Å². The number of rotatable bonds is 1. The highest BCUT2D eigenvalue weighted by Crippen LogP contribution is 2.14. The molecule has 0 aliphatic heterocycles. The molecule has 1 rings (SSSR count). The summed E-state index contributed by atoms with van der Waals surface area (Å²) >= 11 is 0. The van der Waals surface area contributed by atoms with E-state index in [1.807, 2.05) is 0 Å². The minimum Gasteiger partial charge on any atom is -0.396 e. The highest BCUT2D eigenvalue weighted by Gasteiger charge is 2.09. The Morgan fingerprint density at radius 2 is 1.92 bits per heavy atom. The van der Waals surface area contributed by atoms with Crippen LogP contribution in [0.4, 0.5) is 11.5 Å². The average molecular weight is 188 g/mol. The summed E-state index contributed by atoms with van der Waals surface area (Å²) in [7, 11) is -3.74. The number of primary sulfonamides is 1. The van der Waals surface area contributed by atoms with E-state index in [0.717, 1.165) is 12.3 Å². The van der Waals surface area contributed by atoms with Crippen molar-refractivity contribution in [3.05, 3.63) is 12.3 Å². The number of hydrogen-bond acceptors (Lipinski definition) is 5. The summed E-state index contributed by atoms with van der Waals surface area (Å²) in [6.07, 6.45) is 1.06. The lowest BCUT2D eigenvalue weighted by molar-refractivity contribution is 0.597. The van der Waals surface area contributed by atoms with Gasteiger partial charge < -0.3 is 11.5 Å². The summed E-state index contributed by atoms with van der Waals surface area (Å²) < 4.78 is 21.5. The van der Waals surface area contributed by atoms with E-state index in [1.54, 1.807) is 0 Å². The van der Waals surface area contributed by atoms with Crippen LogP contribution in [-0.2, 0) is 10.0 Å². The molecule has 0 unspecified atom stereocenters. The van der Waals surface area contributed by atoms with Crippen molar-refractivity contribution in [2.24, 2.45) is 5.14 Å². The maximum atomic E-state index is 10.7. The van der Waals surface area contributed by atoms with Crippen molar-refractivity contribution >= 4 is 21.5 Å². The Kier molecular flexibility index (Phi) is 1.90. The number of pyridine rings is 1. The molecule has 0 bridgehead atoms. The molecule has 1 heterocycles. The van der Waals surface area contributed by atoms with Gasteiger partial charge in [0.2, 0.25) is 10.0 Å². The molecule has 66 valence electrons. The summed E-state index contributed by atoms with van der Waals surface area (Å²) in [4.78, 5) is 3.39. The van der Waals surface area contributed by atoms with Gasteiger partial charge in [0.05, 0.1) is 5.69 Å². The van der Waals surface area contributed by atoms with E-state index in [9.17, 15) is 8.42 Å². The van der Waals surface area contributed by atoms with E-state index in [2.05, 4.69) is 4.98 Å². The van der Waals surface area contributed by atoms with Crippen LogP contribution in [0.5, 0.6) is 0 Å². The highest BCUT2D eigenvalue weighted by atomic mass is 32.2. The molecule has 6 nitrogen and oxygen atoms in total. The van der Waals surface area contributed by atoms with Gasteiger partial charge in [0.1, 0.15) is 10.7 Å². The van der Waals surface area contributed by atoms with Crippen LogP contribution in [0.2, 0.25) is 0 Å². The molecule has 0 spiro atoms. The second-order valence-corrected chi connectivity index (χ2v) is 3.75. The lowest BCUT2D eigenvalue weighted by Gasteiger charge is -2.00. The van der Waals surface area contributed by atoms with Crippen LogP contribution in [0.15, 0.2) is 17.2 Å². The first-order valence-corrected chi connectivity index (χ1v) is 4.49. The fraction of sp³-hybridized carbons (Fsp3) is 0. The second kappa shape index (κ2) is 2.61. The Morgan fingerprint density at radius 1 is 1.33 bits per heavy atom. The smallest absolute Gasteiger partial charge is 0.239 e. The van der Waals surface area contributed by atoms with Gasteiger partial charge in [0.25, 0.3) is 0 Å². The number of nitrogen functional groups attached to an aromatic ring is 2. The maximum Gasteiger partial charge on any atom is 0.239 e. The van der Waals surface area contributed by atoms with Gasteiger partial charge in [-0.2, -0.15) is 0 Å². The van der Waals surface area contributed by atoms with Crippen molar-refractivity contribution in [3.63, 3.8) is 0 Å². The number of sulfonamides is 1. The molecule has 0 aromatic carbocycles. The molecular formula is C5H8N4O2S. The van der Waals surface area contributed by atoms with E-state index in [-0.39, 0.29) is 16.4 Å². The molecule has 0 saturated heterocycles. The van der Waals surface area contributed by atoms with E-state index in [1.165, 1.54) is 0 Å². The van der Waals surface area contributed by atoms with E-state index in [4.69, 9.17) is 16.6 Å². The van der Waals surface area contributed by atoms with Gasteiger partial charge in [-0.05, 0) is 6.07 Å². The van der Waals surface area contributed by atoms with Crippen LogP contribution in [0.3, 0.4) is 0 Å². The number of hydrogen-bond donors (Lipinski definition) is 3. The van der Waals surface area contributed by atoms with Crippen LogP contribution in [-0.4, -0.2) is 13.4 Å². The fourth-order valence-electron chi connectivity index (χ4n) is 0.628. The van der Waals surface area contributed by atoms with E-state index >= 15 is 0 Å². The topological polar surface area (TPSA) is 125 Å². The Bertz CT molecular complexity index is 400. The third-order valence-electron chi connectivity index (χ3n) is 1.25. The highest BCUT2D eigenvalue weighted by molar-refractivity contribution is 7.89. The van der Waals surface area contributed by atoms with Gasteiger partial charge in [0, 0.05) is 6.20 Å². The van der Waals surface area contributed by atoms with Crippen molar-refractivity contribution in [2.75, 3.05) is 11.5 Å². The third kappa shape index (κ3) is 1.63. The molecule has 0 aliphatic carbocycles. The monoisotopic (exact) mass is 188 g/mol. The largest absolute Gasteiger partial charge is 0.396 e. The molecule has 6 N–H and O–H groups in total. The minimum atomic E-state index is -3.74. The SMILES string of the molecule is Nc1cc(S(N)(=O)=O)cnc1N. The first-order valence-electron chi connectivity index (χ1n) is 2.95. The van der Waals surface area contributed by atoms with Crippen LogP contribution in [0.1, 0.15) is 0 Å². The molecule has 0 atom stereocenters. The van der Waals surface area contributed by atoms with Gasteiger partial charge in [-0.15, -0.1) is 0 Å². The Balaban J connectivity index is 3.33. The van der Waals surface area contributed by atoms with Crippen LogP contribution >= 0.6 is 0 Å². The fourth-order valence-corrected chi connectivity index (χ4v) is 1.12. The van der Waals surface area contributed by atoms with Gasteiger partial charge in [-0.1, -0.05) is 0 Å². The van der Waals surface area contributed by atoms with Crippen molar-refractivity contribution in [1.82, 2.24) is 4.98 Å². The molecular weight excluding hydrogens is 180 g/mol. The molecule has 12 heavy (non-hydrogen) atoms. The second-order valence-electron chi connectivity index (χ2n) is 2.19. The normalized spacial score (nSPS) is 11.4. The van der Waals surface area contributed by atoms with Crippen molar-refractivity contribution in [2.45, 2.75) is 4.90 Å². The number of aromatic nitrogens is 1. The Morgan fingerprint density at radius 3 is 2.33 bits per heavy atom. The Labute approximate surface area is 69.4 Å². The van der Waals surface area contributed by atoms with E-state index in [0.29, 0.717) is 0 Å². The predicted octanol–water partition coefficient (Wildman–Crippen LogP) is -1.11. The minimum absolute atomic E-state index is 0.0856. The van der Waals surface area contributed by atoms with Crippen LogP contribution in [0, 0.1) is 0 Å². The summed E-state index contributed by atoms with van der Waals surface area (Å²) in [6.45, 7) is 0. The van der Waals surface area contributed by atoms with Crippen molar-refractivity contribution in [3.8, 4) is 0 Å². The zero-order chi connectivity index (χ0) is 9.35. The lowest BCUT2D eigenvalue weighted by atomic mass is 10.4. The summed E-state index contributed by atoms with van der Waals surface area (Å²) in [6, 6.07) is 1.16. The molecule has 0 saturated carbocycles. The summed E-state index contributed by atoms with van der Waals surface area (Å²) in [5, 5.41) is 4.81. The molecule has 0 aliphatic rings. The van der Waals surface area contributed by atoms with Crippen molar-refractivity contribution < 1.29 is 8.42 Å². The molecule has 0 fully saturated rings. The van der Waals surface area contributed by atoms with Gasteiger partial charge >= 0.3 is 0 Å².